The SMILES string of the molecule is COc1ccc(N/C=C(/C#N)C(=O)NC(C)c2ccc3c(c2)CCCC3)cc1OC. The first-order valence-corrected chi connectivity index (χ1v) is 10.1. The van der Waals surface area contributed by atoms with E-state index in [2.05, 4.69) is 28.8 Å². The molecule has 156 valence electrons. The van der Waals surface area contributed by atoms with Crippen molar-refractivity contribution in [2.45, 2.75) is 38.6 Å². The lowest BCUT2D eigenvalue weighted by molar-refractivity contribution is -0.117. The molecule has 0 fully saturated rings. The minimum Gasteiger partial charge on any atom is -0.493 e. The zero-order valence-corrected chi connectivity index (χ0v) is 17.6. The molecule has 1 aliphatic carbocycles. The summed E-state index contributed by atoms with van der Waals surface area (Å²) in [4.78, 5) is 12.6. The molecule has 2 aromatic rings. The summed E-state index contributed by atoms with van der Waals surface area (Å²) in [7, 11) is 3.11. The minimum atomic E-state index is -0.421. The highest BCUT2D eigenvalue weighted by Gasteiger charge is 2.16. The third-order valence-electron chi connectivity index (χ3n) is 5.35. The van der Waals surface area contributed by atoms with E-state index in [-0.39, 0.29) is 11.6 Å². The number of ether oxygens (including phenoxy) is 2. The Labute approximate surface area is 177 Å². The van der Waals surface area contributed by atoms with Crippen LogP contribution in [0.25, 0.3) is 0 Å². The Morgan fingerprint density at radius 2 is 1.80 bits per heavy atom. The number of amides is 1. The quantitative estimate of drug-likeness (QED) is 0.531. The third-order valence-corrected chi connectivity index (χ3v) is 5.35. The Morgan fingerprint density at radius 3 is 2.50 bits per heavy atom. The summed E-state index contributed by atoms with van der Waals surface area (Å²) < 4.78 is 10.5. The largest absolute Gasteiger partial charge is 0.493 e. The number of methoxy groups -OCH3 is 2. The highest BCUT2D eigenvalue weighted by molar-refractivity contribution is 5.97. The number of hydrogen-bond donors (Lipinski definition) is 2. The second kappa shape index (κ2) is 9.84. The summed E-state index contributed by atoms with van der Waals surface area (Å²) >= 11 is 0. The van der Waals surface area contributed by atoms with E-state index in [1.54, 1.807) is 32.4 Å². The van der Waals surface area contributed by atoms with Crippen LogP contribution >= 0.6 is 0 Å². The number of benzene rings is 2. The predicted molar refractivity (Wildman–Crippen MR) is 117 cm³/mol. The molecule has 0 aromatic heterocycles. The van der Waals surface area contributed by atoms with Gasteiger partial charge in [-0.2, -0.15) is 5.26 Å². The molecule has 1 atom stereocenters. The molecular formula is C24H27N3O3. The van der Waals surface area contributed by atoms with Gasteiger partial charge in [-0.1, -0.05) is 18.2 Å². The van der Waals surface area contributed by atoms with Gasteiger partial charge in [0.2, 0.25) is 0 Å². The van der Waals surface area contributed by atoms with Gasteiger partial charge in [0.25, 0.3) is 5.91 Å². The van der Waals surface area contributed by atoms with Crippen molar-refractivity contribution in [3.05, 3.63) is 64.9 Å². The van der Waals surface area contributed by atoms with Crippen LogP contribution in [-0.4, -0.2) is 20.1 Å². The number of fused-ring (bicyclic) bond motifs is 1. The minimum absolute atomic E-state index is 0.00500. The average molecular weight is 405 g/mol. The highest BCUT2D eigenvalue weighted by Crippen LogP contribution is 2.30. The van der Waals surface area contributed by atoms with Crippen molar-refractivity contribution in [3.8, 4) is 17.6 Å². The van der Waals surface area contributed by atoms with E-state index in [1.165, 1.54) is 30.2 Å². The van der Waals surface area contributed by atoms with Crippen molar-refractivity contribution < 1.29 is 14.3 Å². The topological polar surface area (TPSA) is 83.4 Å². The average Bonchev–Trinajstić information content (AvgIpc) is 2.78. The first-order chi connectivity index (χ1) is 14.5. The van der Waals surface area contributed by atoms with E-state index in [0.717, 1.165) is 18.4 Å². The van der Waals surface area contributed by atoms with Gasteiger partial charge in [-0.15, -0.1) is 0 Å². The smallest absolute Gasteiger partial charge is 0.263 e. The van der Waals surface area contributed by atoms with Crippen LogP contribution in [0.2, 0.25) is 0 Å². The van der Waals surface area contributed by atoms with Crippen molar-refractivity contribution in [1.29, 1.82) is 5.26 Å². The molecule has 6 nitrogen and oxygen atoms in total. The van der Waals surface area contributed by atoms with E-state index >= 15 is 0 Å². The molecule has 2 N–H and O–H groups in total. The second-order valence-electron chi connectivity index (χ2n) is 7.31. The Kier molecular flexibility index (Phi) is 6.97. The van der Waals surface area contributed by atoms with Crippen LogP contribution in [0.5, 0.6) is 11.5 Å². The molecule has 1 unspecified atom stereocenters. The Balaban J connectivity index is 1.68. The summed E-state index contributed by atoms with van der Waals surface area (Å²) in [6.07, 6.45) is 6.06. The van der Waals surface area contributed by atoms with Gasteiger partial charge in [0.1, 0.15) is 11.6 Å². The third kappa shape index (κ3) is 4.93. The molecule has 0 saturated heterocycles. The molecule has 0 saturated carbocycles. The van der Waals surface area contributed by atoms with Crippen LogP contribution in [0.3, 0.4) is 0 Å². The molecule has 0 radical (unpaired) electrons. The summed E-state index contributed by atoms with van der Waals surface area (Å²) in [6, 6.07) is 13.4. The fourth-order valence-electron chi connectivity index (χ4n) is 3.61. The van der Waals surface area contributed by atoms with Gasteiger partial charge in [0.15, 0.2) is 11.5 Å². The lowest BCUT2D eigenvalue weighted by Crippen LogP contribution is -2.28. The molecule has 0 aliphatic heterocycles. The molecule has 6 heteroatoms. The molecule has 0 bridgehead atoms. The van der Waals surface area contributed by atoms with Crippen LogP contribution in [0, 0.1) is 11.3 Å². The lowest BCUT2D eigenvalue weighted by Gasteiger charge is -2.20. The van der Waals surface area contributed by atoms with Crippen molar-refractivity contribution in [1.82, 2.24) is 5.32 Å². The number of aryl methyl sites for hydroxylation is 2. The van der Waals surface area contributed by atoms with Gasteiger partial charge in [0, 0.05) is 18.0 Å². The number of carbonyl (C=O) groups is 1. The molecule has 0 heterocycles. The number of carbonyl (C=O) groups excluding carboxylic acids is 1. The van der Waals surface area contributed by atoms with Crippen LogP contribution in [-0.2, 0) is 17.6 Å². The predicted octanol–water partition coefficient (Wildman–Crippen LogP) is 4.28. The van der Waals surface area contributed by atoms with Gasteiger partial charge < -0.3 is 20.1 Å². The molecule has 1 aliphatic rings. The van der Waals surface area contributed by atoms with Crippen molar-refractivity contribution in [2.75, 3.05) is 19.5 Å². The van der Waals surface area contributed by atoms with Crippen LogP contribution in [0.1, 0.15) is 42.5 Å². The van der Waals surface area contributed by atoms with Gasteiger partial charge in [-0.25, -0.2) is 0 Å². The van der Waals surface area contributed by atoms with Gasteiger partial charge in [-0.3, -0.25) is 4.79 Å². The zero-order chi connectivity index (χ0) is 21.5. The van der Waals surface area contributed by atoms with E-state index in [0.29, 0.717) is 17.2 Å². The normalized spacial score (nSPS) is 14.1. The number of rotatable bonds is 7. The zero-order valence-electron chi connectivity index (χ0n) is 17.6. The Morgan fingerprint density at radius 1 is 1.07 bits per heavy atom. The Hall–Kier alpha value is -3.46. The lowest BCUT2D eigenvalue weighted by atomic mass is 9.89. The maximum Gasteiger partial charge on any atom is 0.263 e. The van der Waals surface area contributed by atoms with E-state index in [9.17, 15) is 10.1 Å². The molecular weight excluding hydrogens is 378 g/mol. The first-order valence-electron chi connectivity index (χ1n) is 10.1. The van der Waals surface area contributed by atoms with Gasteiger partial charge >= 0.3 is 0 Å². The monoisotopic (exact) mass is 405 g/mol. The summed E-state index contributed by atoms with van der Waals surface area (Å²) in [5.41, 5.74) is 4.49. The van der Waals surface area contributed by atoms with Crippen LogP contribution < -0.4 is 20.1 Å². The summed E-state index contributed by atoms with van der Waals surface area (Å²) in [5, 5.41) is 15.3. The number of nitriles is 1. The van der Waals surface area contributed by atoms with Gasteiger partial charge in [-0.05, 0) is 61.4 Å². The molecule has 2 aromatic carbocycles. The second-order valence-corrected chi connectivity index (χ2v) is 7.31. The first kappa shape index (κ1) is 21.3. The number of nitrogens with zero attached hydrogens (tertiary/aromatic N) is 1. The number of anilines is 1. The number of hydrogen-bond acceptors (Lipinski definition) is 5. The van der Waals surface area contributed by atoms with Crippen molar-refractivity contribution in [3.63, 3.8) is 0 Å². The Bertz CT molecular complexity index is 992. The van der Waals surface area contributed by atoms with Crippen LogP contribution in [0.15, 0.2) is 48.2 Å². The molecule has 3 rings (SSSR count). The maximum absolute atomic E-state index is 12.6. The van der Waals surface area contributed by atoms with E-state index < -0.39 is 5.91 Å². The summed E-state index contributed by atoms with van der Waals surface area (Å²) in [6.45, 7) is 1.93. The summed E-state index contributed by atoms with van der Waals surface area (Å²) in [5.74, 6) is 0.736. The van der Waals surface area contributed by atoms with Gasteiger partial charge in [0.05, 0.1) is 20.3 Å². The number of nitrogens with one attached hydrogen (secondary N) is 2. The van der Waals surface area contributed by atoms with E-state index in [1.807, 2.05) is 13.0 Å². The molecule has 30 heavy (non-hydrogen) atoms. The fourth-order valence-corrected chi connectivity index (χ4v) is 3.61. The van der Waals surface area contributed by atoms with Crippen molar-refractivity contribution in [2.24, 2.45) is 0 Å². The highest BCUT2D eigenvalue weighted by atomic mass is 16.5. The van der Waals surface area contributed by atoms with E-state index in [4.69, 9.17) is 9.47 Å². The molecule has 0 spiro atoms. The van der Waals surface area contributed by atoms with Crippen molar-refractivity contribution >= 4 is 11.6 Å². The standard InChI is InChI=1S/C24H27N3O3/c1-16(18-9-8-17-6-4-5-7-19(17)12-18)27-24(28)20(14-25)15-26-21-10-11-22(29-2)23(13-21)30-3/h8-13,15-16,26H,4-7H2,1-3H3,(H,27,28)/b20-15-. The fraction of sp³-hybridized carbons (Fsp3) is 0.333. The molecule has 1 amide bonds. The van der Waals surface area contributed by atoms with Crippen LogP contribution in [0.4, 0.5) is 5.69 Å². The maximum atomic E-state index is 12.6.